The zero-order chi connectivity index (χ0) is 28.7. The topological polar surface area (TPSA) is 112 Å². The number of fused-ring (bicyclic) bond motifs is 3. The molecule has 4 aromatic heterocycles. The van der Waals surface area contributed by atoms with Gasteiger partial charge in [0.25, 0.3) is 0 Å². The summed E-state index contributed by atoms with van der Waals surface area (Å²) in [7, 11) is 1.60. The average molecular weight is 566 g/mol. The molecule has 0 radical (unpaired) electrons. The number of alkyl halides is 3. The molecular formula is C28H26F3N7O3. The van der Waals surface area contributed by atoms with Gasteiger partial charge in [-0.3, -0.25) is 9.30 Å². The minimum absolute atomic E-state index is 0.0817. The average Bonchev–Trinajstić information content (AvgIpc) is 3.41. The number of aliphatic hydroxyl groups is 1. The predicted octanol–water partition coefficient (Wildman–Crippen LogP) is 3.44. The van der Waals surface area contributed by atoms with Crippen LogP contribution in [0.3, 0.4) is 0 Å². The van der Waals surface area contributed by atoms with Gasteiger partial charge >= 0.3 is 6.18 Å². The Kier molecular flexibility index (Phi) is 6.88. The number of aromatic nitrogens is 4. The lowest BCUT2D eigenvalue weighted by molar-refractivity contribution is -0.210. The van der Waals surface area contributed by atoms with Gasteiger partial charge in [-0.25, -0.2) is 15.0 Å². The van der Waals surface area contributed by atoms with Crippen LogP contribution in [-0.2, 0) is 6.54 Å². The van der Waals surface area contributed by atoms with Crippen LogP contribution in [0.25, 0.3) is 16.9 Å². The van der Waals surface area contributed by atoms with Gasteiger partial charge < -0.3 is 19.5 Å². The van der Waals surface area contributed by atoms with Crippen LogP contribution in [0, 0.1) is 11.3 Å². The van der Waals surface area contributed by atoms with Crippen LogP contribution in [-0.4, -0.2) is 80.5 Å². The van der Waals surface area contributed by atoms with E-state index in [1.54, 1.807) is 17.7 Å². The molecule has 3 unspecified atom stereocenters. The first-order valence-electron chi connectivity index (χ1n) is 13.0. The Bertz CT molecular complexity index is 1570. The molecule has 3 fully saturated rings. The summed E-state index contributed by atoms with van der Waals surface area (Å²) in [4.78, 5) is 17.9. The number of pyridine rings is 3. The fourth-order valence-corrected chi connectivity index (χ4v) is 5.43. The molecule has 7 rings (SSSR count). The number of nitrogens with zero attached hydrogens (tertiary/aromatic N) is 7. The highest BCUT2D eigenvalue weighted by Crippen LogP contribution is 2.36. The van der Waals surface area contributed by atoms with Crippen LogP contribution < -0.4 is 14.4 Å². The van der Waals surface area contributed by atoms with Gasteiger partial charge in [0.1, 0.15) is 35.6 Å². The van der Waals surface area contributed by atoms with Gasteiger partial charge in [-0.1, -0.05) is 6.07 Å². The highest BCUT2D eigenvalue weighted by Gasteiger charge is 2.44. The van der Waals surface area contributed by atoms with E-state index >= 15 is 0 Å². The summed E-state index contributed by atoms with van der Waals surface area (Å²) in [5.41, 5.74) is 2.82. The molecule has 3 atom stereocenters. The molecular weight excluding hydrogens is 539 g/mol. The Balaban J connectivity index is 1.18. The normalized spacial score (nSPS) is 19.5. The number of nitriles is 1. The van der Waals surface area contributed by atoms with Gasteiger partial charge in [-0.2, -0.15) is 18.4 Å². The summed E-state index contributed by atoms with van der Waals surface area (Å²) in [6.07, 6.45) is -1.41. The maximum atomic E-state index is 12.8. The van der Waals surface area contributed by atoms with Crippen molar-refractivity contribution < 1.29 is 27.8 Å². The van der Waals surface area contributed by atoms with Gasteiger partial charge in [-0.05, 0) is 24.1 Å². The van der Waals surface area contributed by atoms with Crippen molar-refractivity contribution in [1.82, 2.24) is 24.3 Å². The number of anilines is 1. The van der Waals surface area contributed by atoms with E-state index in [-0.39, 0.29) is 11.4 Å². The molecule has 10 nitrogen and oxygen atoms in total. The van der Waals surface area contributed by atoms with Crippen molar-refractivity contribution in [2.24, 2.45) is 0 Å². The van der Waals surface area contributed by atoms with Gasteiger partial charge in [0, 0.05) is 67.9 Å². The van der Waals surface area contributed by atoms with Gasteiger partial charge in [-0.15, -0.1) is 0 Å². The number of imidazole rings is 1. The number of piperazine rings is 1. The third-order valence-corrected chi connectivity index (χ3v) is 7.56. The number of hydrogen-bond acceptors (Lipinski definition) is 9. The Labute approximate surface area is 233 Å². The molecule has 212 valence electrons. The van der Waals surface area contributed by atoms with E-state index in [4.69, 9.17) is 9.47 Å². The minimum Gasteiger partial charge on any atom is -0.490 e. The van der Waals surface area contributed by atoms with Crippen molar-refractivity contribution >= 4 is 11.5 Å². The smallest absolute Gasteiger partial charge is 0.417 e. The number of methoxy groups -OCH3 is 1. The molecule has 0 aliphatic carbocycles. The van der Waals surface area contributed by atoms with Crippen molar-refractivity contribution in [3.8, 4) is 29.0 Å². The fourth-order valence-electron chi connectivity index (χ4n) is 5.43. The molecule has 7 heterocycles. The fraction of sp³-hybridized carbons (Fsp3) is 0.357. The van der Waals surface area contributed by atoms with E-state index in [0.717, 1.165) is 37.4 Å². The molecule has 41 heavy (non-hydrogen) atoms. The summed E-state index contributed by atoms with van der Waals surface area (Å²) < 4.78 is 50.3. The van der Waals surface area contributed by atoms with E-state index in [9.17, 15) is 23.5 Å². The molecule has 0 amide bonds. The highest BCUT2D eigenvalue weighted by atomic mass is 19.4. The molecule has 0 spiro atoms. The summed E-state index contributed by atoms with van der Waals surface area (Å²) >= 11 is 0. The van der Waals surface area contributed by atoms with Crippen LogP contribution in [0.1, 0.15) is 17.7 Å². The lowest BCUT2D eigenvalue weighted by Crippen LogP contribution is -2.68. The molecule has 3 saturated heterocycles. The van der Waals surface area contributed by atoms with Gasteiger partial charge in [0.15, 0.2) is 6.10 Å². The van der Waals surface area contributed by atoms with Crippen LogP contribution >= 0.6 is 0 Å². The number of ether oxygens (including phenoxy) is 2. The highest BCUT2D eigenvalue weighted by molar-refractivity contribution is 5.68. The van der Waals surface area contributed by atoms with E-state index < -0.39 is 18.9 Å². The Hall–Kier alpha value is -4.41. The maximum absolute atomic E-state index is 12.8. The van der Waals surface area contributed by atoms with E-state index in [2.05, 4.69) is 30.8 Å². The molecule has 0 saturated carbocycles. The molecule has 3 aliphatic rings. The SMILES string of the molecule is COc1ccc(CN2C3CC2CN(c2ccc(-c4cc(OCC(O)C(F)(F)F)cc5ncc(C#N)n45)cn2)C3)cn1. The van der Waals surface area contributed by atoms with Crippen LogP contribution in [0.4, 0.5) is 19.0 Å². The summed E-state index contributed by atoms with van der Waals surface area (Å²) in [6, 6.07) is 13.5. The van der Waals surface area contributed by atoms with E-state index in [0.29, 0.717) is 34.9 Å². The minimum atomic E-state index is -4.80. The van der Waals surface area contributed by atoms with E-state index in [1.165, 1.54) is 18.3 Å². The zero-order valence-electron chi connectivity index (χ0n) is 22.0. The monoisotopic (exact) mass is 565 g/mol. The summed E-state index contributed by atoms with van der Waals surface area (Å²) in [6.45, 7) is 1.53. The molecule has 3 aliphatic heterocycles. The van der Waals surface area contributed by atoms with Crippen molar-refractivity contribution in [2.45, 2.75) is 37.3 Å². The predicted molar refractivity (Wildman–Crippen MR) is 141 cm³/mol. The quantitative estimate of drug-likeness (QED) is 0.343. The largest absolute Gasteiger partial charge is 0.490 e. The lowest BCUT2D eigenvalue weighted by atomic mass is 9.87. The first-order chi connectivity index (χ1) is 19.7. The lowest BCUT2D eigenvalue weighted by Gasteiger charge is -2.56. The standard InChI is InChI=1S/C28H26F3N7O3/c1-40-27-5-2-17(10-35-27)13-37-19-6-20(37)15-36(14-19)25-4-3-18(11-33-25)23-7-22(41-16-24(39)28(29,30)31)8-26-34-12-21(9-32)38(23)26/h2-5,7-8,10-12,19-20,24,39H,6,13-16H2,1H3. The number of piperidine rings is 1. The van der Waals surface area contributed by atoms with Crippen molar-refractivity contribution in [3.63, 3.8) is 0 Å². The van der Waals surface area contributed by atoms with Gasteiger partial charge in [0.2, 0.25) is 5.88 Å². The third-order valence-electron chi connectivity index (χ3n) is 7.56. The third kappa shape index (κ3) is 5.23. The van der Waals surface area contributed by atoms with E-state index in [1.807, 2.05) is 30.5 Å². The first-order valence-corrected chi connectivity index (χ1v) is 13.0. The summed E-state index contributed by atoms with van der Waals surface area (Å²) in [5.74, 6) is 1.49. The summed E-state index contributed by atoms with van der Waals surface area (Å²) in [5, 5.41) is 18.9. The van der Waals surface area contributed by atoms with Crippen molar-refractivity contribution in [1.29, 1.82) is 5.26 Å². The molecule has 13 heteroatoms. The number of rotatable bonds is 8. The first kappa shape index (κ1) is 26.8. The van der Waals surface area contributed by atoms with Crippen molar-refractivity contribution in [3.05, 3.63) is 66.2 Å². The van der Waals surface area contributed by atoms with Crippen LogP contribution in [0.15, 0.2) is 55.0 Å². The Morgan fingerprint density at radius 3 is 2.51 bits per heavy atom. The Morgan fingerprint density at radius 2 is 1.88 bits per heavy atom. The maximum Gasteiger partial charge on any atom is 0.417 e. The molecule has 4 aromatic rings. The Morgan fingerprint density at radius 1 is 1.07 bits per heavy atom. The van der Waals surface area contributed by atoms with Crippen LogP contribution in [0.5, 0.6) is 11.6 Å². The zero-order valence-corrected chi connectivity index (χ0v) is 22.0. The second kappa shape index (κ2) is 10.5. The second-order valence-electron chi connectivity index (χ2n) is 10.1. The number of hydrogen-bond donors (Lipinski definition) is 1. The van der Waals surface area contributed by atoms with Gasteiger partial charge in [0.05, 0.1) is 19.0 Å². The second-order valence-corrected chi connectivity index (χ2v) is 10.1. The number of halogens is 3. The molecule has 0 aromatic carbocycles. The number of aliphatic hydroxyl groups excluding tert-OH is 1. The van der Waals surface area contributed by atoms with Crippen molar-refractivity contribution in [2.75, 3.05) is 31.7 Å². The molecule has 2 bridgehead atoms. The van der Waals surface area contributed by atoms with Crippen LogP contribution in [0.2, 0.25) is 0 Å². The molecule has 1 N–H and O–H groups in total.